The molecule has 2 N–H and O–H groups in total. The zero-order valence-electron chi connectivity index (χ0n) is 15.7. The summed E-state index contributed by atoms with van der Waals surface area (Å²) in [5.74, 6) is 0.259. The van der Waals surface area contributed by atoms with Crippen molar-refractivity contribution in [3.8, 4) is 0 Å². The average molecular weight is 393 g/mol. The lowest BCUT2D eigenvalue weighted by molar-refractivity contribution is -0.119. The lowest BCUT2D eigenvalue weighted by atomic mass is 9.88. The van der Waals surface area contributed by atoms with Crippen LogP contribution in [0.4, 0.5) is 5.69 Å². The molecule has 0 bridgehead atoms. The summed E-state index contributed by atoms with van der Waals surface area (Å²) in [6.07, 6.45) is 0.863. The predicted octanol–water partition coefficient (Wildman–Crippen LogP) is 4.64. The molecule has 28 heavy (non-hydrogen) atoms. The van der Waals surface area contributed by atoms with E-state index in [1.54, 1.807) is 0 Å². The van der Waals surface area contributed by atoms with Gasteiger partial charge in [-0.15, -0.1) is 12.4 Å². The third-order valence-electron chi connectivity index (χ3n) is 5.22. The zero-order valence-corrected chi connectivity index (χ0v) is 16.5. The van der Waals surface area contributed by atoms with Crippen LogP contribution in [0.1, 0.15) is 22.6 Å². The van der Waals surface area contributed by atoms with Crippen molar-refractivity contribution >= 4 is 24.0 Å². The Kier molecular flexibility index (Phi) is 6.85. The maximum atomic E-state index is 12.9. The fourth-order valence-corrected chi connectivity index (χ4v) is 3.83. The van der Waals surface area contributed by atoms with Crippen molar-refractivity contribution in [3.63, 3.8) is 0 Å². The molecule has 1 amide bonds. The minimum Gasteiger partial charge on any atom is -0.326 e. The van der Waals surface area contributed by atoms with Crippen LogP contribution in [0.5, 0.6) is 0 Å². The molecule has 144 valence electrons. The summed E-state index contributed by atoms with van der Waals surface area (Å²) in [5.41, 5.74) is 4.56. The van der Waals surface area contributed by atoms with Crippen molar-refractivity contribution in [1.29, 1.82) is 0 Å². The zero-order chi connectivity index (χ0) is 18.5. The molecule has 3 nitrogen and oxygen atoms in total. The number of hydrogen-bond donors (Lipinski definition) is 2. The Labute approximate surface area is 172 Å². The van der Waals surface area contributed by atoms with E-state index in [0.29, 0.717) is 0 Å². The molecule has 0 radical (unpaired) electrons. The van der Waals surface area contributed by atoms with Gasteiger partial charge in [-0.3, -0.25) is 4.79 Å². The van der Waals surface area contributed by atoms with Gasteiger partial charge in [0, 0.05) is 24.7 Å². The topological polar surface area (TPSA) is 41.1 Å². The van der Waals surface area contributed by atoms with Crippen LogP contribution in [0.25, 0.3) is 0 Å². The molecule has 0 aliphatic carbocycles. The average Bonchev–Trinajstić information content (AvgIpc) is 3.20. The Morgan fingerprint density at radius 2 is 1.54 bits per heavy atom. The minimum absolute atomic E-state index is 0. The number of hydrogen-bond acceptors (Lipinski definition) is 2. The molecular formula is C24H25ClN2O. The first kappa shape index (κ1) is 20.1. The van der Waals surface area contributed by atoms with Gasteiger partial charge in [-0.1, -0.05) is 72.8 Å². The number of halogens is 1. The largest absolute Gasteiger partial charge is 0.326 e. The molecule has 1 aliphatic heterocycles. The van der Waals surface area contributed by atoms with Gasteiger partial charge >= 0.3 is 0 Å². The van der Waals surface area contributed by atoms with Crippen LogP contribution >= 0.6 is 12.4 Å². The molecule has 1 aliphatic rings. The third-order valence-corrected chi connectivity index (χ3v) is 5.22. The molecule has 0 unspecified atom stereocenters. The number of nitrogens with one attached hydrogen (secondary N) is 2. The summed E-state index contributed by atoms with van der Waals surface area (Å²) < 4.78 is 0. The number of anilines is 1. The summed E-state index contributed by atoms with van der Waals surface area (Å²) in [4.78, 5) is 12.9. The van der Waals surface area contributed by atoms with Crippen LogP contribution in [0.3, 0.4) is 0 Å². The third kappa shape index (κ3) is 4.80. The van der Waals surface area contributed by atoms with E-state index in [1.807, 2.05) is 36.4 Å². The summed E-state index contributed by atoms with van der Waals surface area (Å²) in [7, 11) is 0. The molecule has 1 fully saturated rings. The van der Waals surface area contributed by atoms with Gasteiger partial charge in [0.2, 0.25) is 5.91 Å². The Hall–Kier alpha value is -2.62. The standard InChI is InChI=1S/C24H24N2O.ClH/c27-24(23-17-25-16-22(23)20-11-5-2-6-12-20)26-21-13-7-10-19(15-21)14-18-8-3-1-4-9-18;/h1-13,15,22-23,25H,14,16-17H2,(H,26,27);1H/t22-,23+;/m1./s1. The minimum atomic E-state index is -0.0508. The van der Waals surface area contributed by atoms with E-state index < -0.39 is 0 Å². The van der Waals surface area contributed by atoms with E-state index in [0.717, 1.165) is 25.2 Å². The van der Waals surface area contributed by atoms with E-state index in [9.17, 15) is 4.79 Å². The Balaban J connectivity index is 0.00000225. The molecule has 4 rings (SSSR count). The highest BCUT2D eigenvalue weighted by molar-refractivity contribution is 5.93. The Bertz CT molecular complexity index is 899. The number of carbonyl (C=O) groups is 1. The highest BCUT2D eigenvalue weighted by atomic mass is 35.5. The second-order valence-electron chi connectivity index (χ2n) is 7.13. The van der Waals surface area contributed by atoms with E-state index in [-0.39, 0.29) is 30.2 Å². The van der Waals surface area contributed by atoms with Crippen molar-refractivity contribution in [1.82, 2.24) is 5.32 Å². The smallest absolute Gasteiger partial charge is 0.229 e. The van der Waals surface area contributed by atoms with Crippen molar-refractivity contribution in [2.24, 2.45) is 5.92 Å². The summed E-state index contributed by atoms with van der Waals surface area (Å²) in [5, 5.41) is 6.50. The number of carbonyl (C=O) groups excluding carboxylic acids is 1. The summed E-state index contributed by atoms with van der Waals surface area (Å²) >= 11 is 0. The van der Waals surface area contributed by atoms with Crippen molar-refractivity contribution < 1.29 is 4.79 Å². The normalized spacial score (nSPS) is 18.3. The Morgan fingerprint density at radius 1 is 0.857 bits per heavy atom. The van der Waals surface area contributed by atoms with Crippen molar-refractivity contribution in [3.05, 3.63) is 102 Å². The molecule has 4 heteroatoms. The molecule has 3 aromatic rings. The van der Waals surface area contributed by atoms with Crippen LogP contribution in [-0.2, 0) is 11.2 Å². The molecule has 0 saturated carbocycles. The molecule has 2 atom stereocenters. The number of benzene rings is 3. The van der Waals surface area contributed by atoms with Gasteiger partial charge in [0.05, 0.1) is 5.92 Å². The quantitative estimate of drug-likeness (QED) is 0.664. The van der Waals surface area contributed by atoms with Crippen molar-refractivity contribution in [2.45, 2.75) is 12.3 Å². The first-order valence-electron chi connectivity index (χ1n) is 9.49. The highest BCUT2D eigenvalue weighted by Crippen LogP contribution is 2.29. The first-order valence-corrected chi connectivity index (χ1v) is 9.49. The molecular weight excluding hydrogens is 368 g/mol. The molecule has 0 spiro atoms. The second-order valence-corrected chi connectivity index (χ2v) is 7.13. The van der Waals surface area contributed by atoms with Crippen LogP contribution in [0.15, 0.2) is 84.9 Å². The van der Waals surface area contributed by atoms with Crippen LogP contribution in [-0.4, -0.2) is 19.0 Å². The van der Waals surface area contributed by atoms with Gasteiger partial charge in [0.1, 0.15) is 0 Å². The molecule has 1 heterocycles. The van der Waals surface area contributed by atoms with Gasteiger partial charge < -0.3 is 10.6 Å². The second kappa shape index (κ2) is 9.54. The molecule has 0 aromatic heterocycles. The predicted molar refractivity (Wildman–Crippen MR) is 117 cm³/mol. The Morgan fingerprint density at radius 3 is 2.29 bits per heavy atom. The summed E-state index contributed by atoms with van der Waals surface area (Å²) in [6.45, 7) is 1.56. The summed E-state index contributed by atoms with van der Waals surface area (Å²) in [6, 6.07) is 28.8. The molecule has 1 saturated heterocycles. The monoisotopic (exact) mass is 392 g/mol. The van der Waals surface area contributed by atoms with Crippen LogP contribution in [0, 0.1) is 5.92 Å². The fraction of sp³-hybridized carbons (Fsp3) is 0.208. The molecule has 3 aromatic carbocycles. The number of rotatable bonds is 5. The van der Waals surface area contributed by atoms with E-state index in [4.69, 9.17) is 0 Å². The maximum absolute atomic E-state index is 12.9. The van der Waals surface area contributed by atoms with Gasteiger partial charge in [0.15, 0.2) is 0 Å². The highest BCUT2D eigenvalue weighted by Gasteiger charge is 2.33. The lowest BCUT2D eigenvalue weighted by Crippen LogP contribution is -2.28. The van der Waals surface area contributed by atoms with E-state index >= 15 is 0 Å². The SMILES string of the molecule is Cl.O=C(Nc1cccc(Cc2ccccc2)c1)[C@H]1CNC[C@@H]1c1ccccc1. The van der Waals surface area contributed by atoms with Gasteiger partial charge in [-0.2, -0.15) is 0 Å². The van der Waals surface area contributed by atoms with E-state index in [2.05, 4.69) is 59.2 Å². The van der Waals surface area contributed by atoms with Crippen LogP contribution in [0.2, 0.25) is 0 Å². The van der Waals surface area contributed by atoms with Crippen LogP contribution < -0.4 is 10.6 Å². The van der Waals surface area contributed by atoms with E-state index in [1.165, 1.54) is 16.7 Å². The number of amides is 1. The van der Waals surface area contributed by atoms with Gasteiger partial charge in [-0.25, -0.2) is 0 Å². The van der Waals surface area contributed by atoms with Crippen molar-refractivity contribution in [2.75, 3.05) is 18.4 Å². The lowest BCUT2D eigenvalue weighted by Gasteiger charge is -2.19. The van der Waals surface area contributed by atoms with Gasteiger partial charge in [-0.05, 0) is 35.2 Å². The van der Waals surface area contributed by atoms with Gasteiger partial charge in [0.25, 0.3) is 0 Å². The fourth-order valence-electron chi connectivity index (χ4n) is 3.83. The maximum Gasteiger partial charge on any atom is 0.229 e. The first-order chi connectivity index (χ1) is 13.3.